The molecule has 27 heavy (non-hydrogen) atoms. The highest BCUT2D eigenvalue weighted by atomic mass is 16.5. The van der Waals surface area contributed by atoms with Gasteiger partial charge in [-0.15, -0.1) is 0 Å². The highest BCUT2D eigenvalue weighted by molar-refractivity contribution is 5.93. The predicted octanol–water partition coefficient (Wildman–Crippen LogP) is 1.97. The van der Waals surface area contributed by atoms with E-state index in [0.717, 1.165) is 18.7 Å². The summed E-state index contributed by atoms with van der Waals surface area (Å²) in [5.41, 5.74) is 1.21. The van der Waals surface area contributed by atoms with Crippen LogP contribution < -0.4 is 0 Å². The van der Waals surface area contributed by atoms with Crippen molar-refractivity contribution >= 4 is 11.8 Å². The monoisotopic (exact) mass is 370 g/mol. The number of aromatic nitrogens is 1. The number of benzene rings is 1. The molecule has 1 aliphatic rings. The molecule has 0 bridgehead atoms. The first-order chi connectivity index (χ1) is 13.1. The van der Waals surface area contributed by atoms with Crippen LogP contribution in [0.15, 0.2) is 40.9 Å². The van der Waals surface area contributed by atoms with E-state index in [1.54, 1.807) is 11.0 Å². The summed E-state index contributed by atoms with van der Waals surface area (Å²) in [6.45, 7) is 8.36. The lowest BCUT2D eigenvalue weighted by molar-refractivity contribution is -0.132. The summed E-state index contributed by atoms with van der Waals surface area (Å²) >= 11 is 0. The quantitative estimate of drug-likeness (QED) is 0.778. The average Bonchev–Trinajstić information content (AvgIpc) is 3.20. The summed E-state index contributed by atoms with van der Waals surface area (Å²) in [5, 5.41) is 3.94. The van der Waals surface area contributed by atoms with Crippen molar-refractivity contribution in [3.8, 4) is 11.3 Å². The molecule has 144 valence electrons. The van der Waals surface area contributed by atoms with Crippen LogP contribution in [0.1, 0.15) is 24.3 Å². The molecule has 0 spiro atoms. The summed E-state index contributed by atoms with van der Waals surface area (Å²) in [6.07, 6.45) is 0. The Kier molecular flexibility index (Phi) is 6.24. The van der Waals surface area contributed by atoms with Crippen LogP contribution >= 0.6 is 0 Å². The van der Waals surface area contributed by atoms with E-state index in [-0.39, 0.29) is 11.8 Å². The van der Waals surface area contributed by atoms with E-state index < -0.39 is 0 Å². The SMILES string of the molecule is CCN(CC)C(=O)CN1CCN(C(=O)c2cc(-c3ccccc3)on2)CC1. The predicted molar refractivity (Wildman–Crippen MR) is 102 cm³/mol. The number of amides is 2. The molecular weight excluding hydrogens is 344 g/mol. The molecule has 1 fully saturated rings. The lowest BCUT2D eigenvalue weighted by Gasteiger charge is -2.34. The summed E-state index contributed by atoms with van der Waals surface area (Å²) < 4.78 is 5.33. The van der Waals surface area contributed by atoms with E-state index in [1.807, 2.05) is 49.1 Å². The second-order valence-electron chi connectivity index (χ2n) is 6.58. The number of hydrogen-bond acceptors (Lipinski definition) is 5. The van der Waals surface area contributed by atoms with Gasteiger partial charge in [-0.1, -0.05) is 35.5 Å². The van der Waals surface area contributed by atoms with Gasteiger partial charge < -0.3 is 14.3 Å². The van der Waals surface area contributed by atoms with Crippen molar-refractivity contribution in [1.82, 2.24) is 19.9 Å². The van der Waals surface area contributed by atoms with Crippen molar-refractivity contribution in [3.05, 3.63) is 42.1 Å². The van der Waals surface area contributed by atoms with Crippen LogP contribution in [0.3, 0.4) is 0 Å². The maximum absolute atomic E-state index is 12.7. The van der Waals surface area contributed by atoms with Gasteiger partial charge in [-0.2, -0.15) is 0 Å². The lowest BCUT2D eigenvalue weighted by Crippen LogP contribution is -2.51. The number of likely N-dealkylation sites (N-methyl/N-ethyl adjacent to an activating group) is 1. The van der Waals surface area contributed by atoms with Crippen molar-refractivity contribution in [2.75, 3.05) is 45.8 Å². The molecule has 0 N–H and O–H groups in total. The zero-order chi connectivity index (χ0) is 19.2. The molecule has 3 rings (SSSR count). The van der Waals surface area contributed by atoms with Crippen molar-refractivity contribution < 1.29 is 14.1 Å². The Bertz CT molecular complexity index is 763. The Hall–Kier alpha value is -2.67. The molecule has 0 radical (unpaired) electrons. The average molecular weight is 370 g/mol. The van der Waals surface area contributed by atoms with Gasteiger partial charge in [0.2, 0.25) is 5.91 Å². The minimum Gasteiger partial charge on any atom is -0.355 e. The van der Waals surface area contributed by atoms with Gasteiger partial charge in [0.15, 0.2) is 11.5 Å². The van der Waals surface area contributed by atoms with Crippen LogP contribution in [-0.4, -0.2) is 77.5 Å². The van der Waals surface area contributed by atoms with Crippen LogP contribution in [0.5, 0.6) is 0 Å². The molecule has 7 nitrogen and oxygen atoms in total. The van der Waals surface area contributed by atoms with Gasteiger partial charge in [-0.05, 0) is 13.8 Å². The lowest BCUT2D eigenvalue weighted by atomic mass is 10.1. The minimum atomic E-state index is -0.129. The Balaban J connectivity index is 1.55. The molecule has 1 aromatic carbocycles. The molecule has 1 saturated heterocycles. The molecule has 0 aliphatic carbocycles. The number of carbonyl (C=O) groups is 2. The fraction of sp³-hybridized carbons (Fsp3) is 0.450. The van der Waals surface area contributed by atoms with E-state index >= 15 is 0 Å². The van der Waals surface area contributed by atoms with Gasteiger partial charge in [0.05, 0.1) is 6.54 Å². The maximum atomic E-state index is 12.7. The van der Waals surface area contributed by atoms with Gasteiger partial charge in [0, 0.05) is 50.9 Å². The molecule has 0 atom stereocenters. The molecule has 2 heterocycles. The third-order valence-electron chi connectivity index (χ3n) is 4.92. The highest BCUT2D eigenvalue weighted by Gasteiger charge is 2.26. The second-order valence-corrected chi connectivity index (χ2v) is 6.58. The molecule has 7 heteroatoms. The van der Waals surface area contributed by atoms with Crippen molar-refractivity contribution in [2.45, 2.75) is 13.8 Å². The number of piperazine rings is 1. The fourth-order valence-electron chi connectivity index (χ4n) is 3.25. The van der Waals surface area contributed by atoms with E-state index in [4.69, 9.17) is 4.52 Å². The summed E-state index contributed by atoms with van der Waals surface area (Å²) in [7, 11) is 0. The Morgan fingerprint density at radius 2 is 1.74 bits per heavy atom. The van der Waals surface area contributed by atoms with E-state index in [1.165, 1.54) is 0 Å². The van der Waals surface area contributed by atoms with Gasteiger partial charge in [-0.3, -0.25) is 14.5 Å². The molecule has 0 saturated carbocycles. The fourth-order valence-corrected chi connectivity index (χ4v) is 3.25. The molecule has 2 amide bonds. The molecule has 2 aromatic rings. The van der Waals surface area contributed by atoms with Gasteiger partial charge in [0.1, 0.15) is 0 Å². The van der Waals surface area contributed by atoms with Gasteiger partial charge >= 0.3 is 0 Å². The summed E-state index contributed by atoms with van der Waals surface area (Å²) in [4.78, 5) is 30.6. The molecule has 0 unspecified atom stereocenters. The summed E-state index contributed by atoms with van der Waals surface area (Å²) in [5.74, 6) is 0.599. The number of hydrogen-bond donors (Lipinski definition) is 0. The Labute approximate surface area is 159 Å². The van der Waals surface area contributed by atoms with Crippen LogP contribution in [0.2, 0.25) is 0 Å². The van der Waals surface area contributed by atoms with Crippen molar-refractivity contribution in [3.63, 3.8) is 0 Å². The third-order valence-corrected chi connectivity index (χ3v) is 4.92. The number of rotatable bonds is 6. The van der Waals surface area contributed by atoms with Crippen LogP contribution in [0.25, 0.3) is 11.3 Å². The zero-order valence-electron chi connectivity index (χ0n) is 15.9. The number of carbonyl (C=O) groups excluding carboxylic acids is 2. The Morgan fingerprint density at radius 1 is 1.07 bits per heavy atom. The third kappa shape index (κ3) is 4.54. The highest BCUT2D eigenvalue weighted by Crippen LogP contribution is 2.20. The van der Waals surface area contributed by atoms with Crippen LogP contribution in [-0.2, 0) is 4.79 Å². The number of nitrogens with zero attached hydrogens (tertiary/aromatic N) is 4. The first-order valence-corrected chi connectivity index (χ1v) is 9.44. The maximum Gasteiger partial charge on any atom is 0.276 e. The topological polar surface area (TPSA) is 69.9 Å². The standard InChI is InChI=1S/C20H26N4O3/c1-3-23(4-2)19(25)15-22-10-12-24(13-11-22)20(26)17-14-18(27-21-17)16-8-6-5-7-9-16/h5-9,14H,3-4,10-13,15H2,1-2H3. The first-order valence-electron chi connectivity index (χ1n) is 9.44. The van der Waals surface area contributed by atoms with Crippen molar-refractivity contribution in [2.24, 2.45) is 0 Å². The smallest absolute Gasteiger partial charge is 0.276 e. The van der Waals surface area contributed by atoms with E-state index in [0.29, 0.717) is 44.2 Å². The molecule has 1 aliphatic heterocycles. The van der Waals surface area contributed by atoms with E-state index in [2.05, 4.69) is 10.1 Å². The van der Waals surface area contributed by atoms with Crippen LogP contribution in [0, 0.1) is 0 Å². The first kappa shape index (κ1) is 19.1. The van der Waals surface area contributed by atoms with Crippen molar-refractivity contribution in [1.29, 1.82) is 0 Å². The van der Waals surface area contributed by atoms with Gasteiger partial charge in [0.25, 0.3) is 5.91 Å². The summed E-state index contributed by atoms with van der Waals surface area (Å²) in [6, 6.07) is 11.3. The Morgan fingerprint density at radius 3 is 2.37 bits per heavy atom. The second kappa shape index (κ2) is 8.81. The van der Waals surface area contributed by atoms with Crippen LogP contribution in [0.4, 0.5) is 0 Å². The van der Waals surface area contributed by atoms with E-state index in [9.17, 15) is 9.59 Å². The molecular formula is C20H26N4O3. The van der Waals surface area contributed by atoms with Gasteiger partial charge in [-0.25, -0.2) is 0 Å². The zero-order valence-corrected chi connectivity index (χ0v) is 15.9. The largest absolute Gasteiger partial charge is 0.355 e. The molecule has 1 aromatic heterocycles. The minimum absolute atomic E-state index is 0.129. The normalized spacial score (nSPS) is 15.0.